The van der Waals surface area contributed by atoms with E-state index in [2.05, 4.69) is 10.3 Å². The Hall–Kier alpha value is -2.44. The van der Waals surface area contributed by atoms with Crippen molar-refractivity contribution in [2.45, 2.75) is 0 Å². The highest BCUT2D eigenvalue weighted by atomic mass is 35.5. The first-order chi connectivity index (χ1) is 11.7. The summed E-state index contributed by atoms with van der Waals surface area (Å²) in [4.78, 5) is 28.3. The van der Waals surface area contributed by atoms with Crippen LogP contribution in [0.15, 0.2) is 48.8 Å². The first-order valence-electron chi connectivity index (χ1n) is 7.19. The van der Waals surface area contributed by atoms with Crippen molar-refractivity contribution >= 4 is 44.9 Å². The molecule has 1 aromatic carbocycles. The summed E-state index contributed by atoms with van der Waals surface area (Å²) < 4.78 is 6.05. The predicted octanol–water partition coefficient (Wildman–Crippen LogP) is 3.54. The highest BCUT2D eigenvalue weighted by Crippen LogP contribution is 2.34. The fraction of sp³-hybridized carbons (Fsp3) is 0.118. The van der Waals surface area contributed by atoms with Crippen molar-refractivity contribution in [2.24, 2.45) is 0 Å². The number of esters is 1. The van der Waals surface area contributed by atoms with Gasteiger partial charge in [0.1, 0.15) is 11.5 Å². The number of amides is 1. The maximum atomic E-state index is 12.2. The lowest BCUT2D eigenvalue weighted by Crippen LogP contribution is -2.27. The van der Waals surface area contributed by atoms with Crippen LogP contribution in [-0.4, -0.2) is 30.0 Å². The van der Waals surface area contributed by atoms with E-state index in [-0.39, 0.29) is 19.1 Å². The second kappa shape index (κ2) is 7.42. The molecule has 122 valence electrons. The van der Waals surface area contributed by atoms with Crippen molar-refractivity contribution in [3.63, 3.8) is 0 Å². The molecule has 3 rings (SSSR count). The minimum absolute atomic E-state index is 0.0788. The van der Waals surface area contributed by atoms with Crippen LogP contribution in [-0.2, 0) is 4.74 Å². The van der Waals surface area contributed by atoms with Crippen LogP contribution in [0, 0.1) is 0 Å². The molecule has 5 nitrogen and oxygen atoms in total. The van der Waals surface area contributed by atoms with Crippen molar-refractivity contribution in [3.8, 4) is 0 Å². The lowest BCUT2D eigenvalue weighted by molar-refractivity contribution is 0.0503. The number of benzene rings is 1. The predicted molar refractivity (Wildman–Crippen MR) is 93.7 cm³/mol. The molecule has 2 aromatic heterocycles. The molecule has 0 unspecified atom stereocenters. The smallest absolute Gasteiger partial charge is 0.338 e. The summed E-state index contributed by atoms with van der Waals surface area (Å²) >= 11 is 7.59. The quantitative estimate of drug-likeness (QED) is 0.558. The second-order valence-corrected chi connectivity index (χ2v) is 6.30. The van der Waals surface area contributed by atoms with Crippen molar-refractivity contribution in [1.82, 2.24) is 10.3 Å². The molecule has 0 aliphatic heterocycles. The van der Waals surface area contributed by atoms with E-state index in [0.717, 1.165) is 10.1 Å². The number of ether oxygens (including phenoxy) is 1. The summed E-state index contributed by atoms with van der Waals surface area (Å²) in [6.07, 6.45) is 3.03. The molecule has 1 N–H and O–H groups in total. The molecule has 2 heterocycles. The Labute approximate surface area is 147 Å². The van der Waals surface area contributed by atoms with Crippen molar-refractivity contribution < 1.29 is 14.3 Å². The van der Waals surface area contributed by atoms with Crippen molar-refractivity contribution in [1.29, 1.82) is 0 Å². The van der Waals surface area contributed by atoms with Gasteiger partial charge in [-0.2, -0.15) is 0 Å². The molecule has 0 saturated heterocycles. The van der Waals surface area contributed by atoms with Crippen LogP contribution in [0.1, 0.15) is 20.0 Å². The molecule has 0 atom stereocenters. The minimum Gasteiger partial charge on any atom is -0.460 e. The average Bonchev–Trinajstić information content (AvgIpc) is 2.96. The molecular weight excluding hydrogens is 348 g/mol. The zero-order valence-electron chi connectivity index (χ0n) is 12.5. The maximum Gasteiger partial charge on any atom is 0.338 e. The largest absolute Gasteiger partial charge is 0.460 e. The number of aromatic nitrogens is 1. The number of thiophene rings is 1. The van der Waals surface area contributed by atoms with Gasteiger partial charge in [-0.3, -0.25) is 9.78 Å². The number of hydrogen-bond donors (Lipinski definition) is 1. The highest BCUT2D eigenvalue weighted by Gasteiger charge is 2.16. The van der Waals surface area contributed by atoms with Gasteiger partial charge in [0.25, 0.3) is 5.91 Å². The minimum atomic E-state index is -0.452. The van der Waals surface area contributed by atoms with Crippen molar-refractivity contribution in [2.75, 3.05) is 13.2 Å². The Bertz CT molecular complexity index is 880. The number of rotatable bonds is 5. The number of halogens is 1. The van der Waals surface area contributed by atoms with E-state index in [1.165, 1.54) is 23.7 Å². The zero-order chi connectivity index (χ0) is 16.9. The lowest BCUT2D eigenvalue weighted by Gasteiger charge is -2.06. The summed E-state index contributed by atoms with van der Waals surface area (Å²) in [5.41, 5.74) is 0.420. The molecule has 0 bridgehead atoms. The number of pyridine rings is 1. The second-order valence-electron chi connectivity index (χ2n) is 4.87. The maximum absolute atomic E-state index is 12.2. The number of hydrogen-bond acceptors (Lipinski definition) is 5. The number of nitrogens with zero attached hydrogens (tertiary/aromatic N) is 1. The Kier molecular flexibility index (Phi) is 5.08. The average molecular weight is 361 g/mol. The zero-order valence-corrected chi connectivity index (χ0v) is 14.1. The Morgan fingerprint density at radius 1 is 1.17 bits per heavy atom. The van der Waals surface area contributed by atoms with Gasteiger partial charge in [-0.15, -0.1) is 11.3 Å². The number of carbonyl (C=O) groups excluding carboxylic acids is 2. The topological polar surface area (TPSA) is 68.3 Å². The van der Waals surface area contributed by atoms with Crippen LogP contribution in [0.3, 0.4) is 0 Å². The van der Waals surface area contributed by atoms with Crippen LogP contribution in [0.5, 0.6) is 0 Å². The van der Waals surface area contributed by atoms with Gasteiger partial charge in [0.15, 0.2) is 0 Å². The van der Waals surface area contributed by atoms with Gasteiger partial charge < -0.3 is 10.1 Å². The van der Waals surface area contributed by atoms with E-state index in [9.17, 15) is 9.59 Å². The number of nitrogens with one attached hydrogen (secondary N) is 1. The third-order valence-electron chi connectivity index (χ3n) is 3.28. The van der Waals surface area contributed by atoms with Gasteiger partial charge >= 0.3 is 5.97 Å². The standard InChI is InChI=1S/C17H13ClN2O3S/c18-14-12-3-1-2-4-13(12)24-15(14)16(21)20-9-10-23-17(22)11-5-7-19-8-6-11/h1-8H,9-10H2,(H,20,21). The van der Waals surface area contributed by atoms with Crippen LogP contribution in [0.2, 0.25) is 5.02 Å². The number of fused-ring (bicyclic) bond motifs is 1. The molecule has 3 aromatic rings. The molecule has 0 aliphatic carbocycles. The van der Waals surface area contributed by atoms with E-state index in [1.54, 1.807) is 12.1 Å². The monoisotopic (exact) mass is 360 g/mol. The van der Waals surface area contributed by atoms with Crippen molar-refractivity contribution in [3.05, 3.63) is 64.3 Å². The third kappa shape index (κ3) is 3.55. The fourth-order valence-electron chi connectivity index (χ4n) is 2.12. The third-order valence-corrected chi connectivity index (χ3v) is 4.95. The summed E-state index contributed by atoms with van der Waals surface area (Å²) in [5, 5.41) is 4.01. The Morgan fingerprint density at radius 3 is 2.67 bits per heavy atom. The van der Waals surface area contributed by atoms with Gasteiger partial charge in [0.05, 0.1) is 17.1 Å². The van der Waals surface area contributed by atoms with Gasteiger partial charge in [-0.05, 0) is 18.2 Å². The van der Waals surface area contributed by atoms with E-state index >= 15 is 0 Å². The Balaban J connectivity index is 1.54. The molecule has 0 spiro atoms. The summed E-state index contributed by atoms with van der Waals surface area (Å²) in [6, 6.07) is 10.7. The molecule has 0 radical (unpaired) electrons. The fourth-order valence-corrected chi connectivity index (χ4v) is 3.55. The normalized spacial score (nSPS) is 10.5. The van der Waals surface area contributed by atoms with E-state index in [1.807, 2.05) is 24.3 Å². The van der Waals surface area contributed by atoms with Crippen LogP contribution in [0.25, 0.3) is 10.1 Å². The summed E-state index contributed by atoms with van der Waals surface area (Å²) in [5.74, 6) is -0.729. The highest BCUT2D eigenvalue weighted by molar-refractivity contribution is 7.21. The molecule has 7 heteroatoms. The van der Waals surface area contributed by atoms with E-state index in [4.69, 9.17) is 16.3 Å². The molecule has 0 saturated carbocycles. The van der Waals surface area contributed by atoms with E-state index in [0.29, 0.717) is 15.5 Å². The van der Waals surface area contributed by atoms with Crippen LogP contribution >= 0.6 is 22.9 Å². The molecule has 1 amide bonds. The van der Waals surface area contributed by atoms with Crippen LogP contribution in [0.4, 0.5) is 0 Å². The van der Waals surface area contributed by atoms with Gasteiger partial charge in [0.2, 0.25) is 0 Å². The van der Waals surface area contributed by atoms with Gasteiger partial charge in [0, 0.05) is 22.5 Å². The molecule has 0 fully saturated rings. The first kappa shape index (κ1) is 16.4. The lowest BCUT2D eigenvalue weighted by atomic mass is 10.2. The summed E-state index contributed by atoms with van der Waals surface area (Å²) in [6.45, 7) is 0.287. The molecule has 0 aliphatic rings. The van der Waals surface area contributed by atoms with Crippen LogP contribution < -0.4 is 5.32 Å². The molecular formula is C17H13ClN2O3S. The van der Waals surface area contributed by atoms with Gasteiger partial charge in [-0.1, -0.05) is 29.8 Å². The SMILES string of the molecule is O=C(OCCNC(=O)c1sc2ccccc2c1Cl)c1ccncc1. The number of carbonyl (C=O) groups is 2. The summed E-state index contributed by atoms with van der Waals surface area (Å²) in [7, 11) is 0. The first-order valence-corrected chi connectivity index (χ1v) is 8.38. The molecule has 24 heavy (non-hydrogen) atoms. The van der Waals surface area contributed by atoms with Gasteiger partial charge in [-0.25, -0.2) is 4.79 Å². The Morgan fingerprint density at radius 2 is 1.92 bits per heavy atom. The van der Waals surface area contributed by atoms with E-state index < -0.39 is 5.97 Å².